The van der Waals surface area contributed by atoms with Gasteiger partial charge < -0.3 is 4.74 Å². The van der Waals surface area contributed by atoms with E-state index in [9.17, 15) is 4.79 Å². The molecule has 2 rings (SSSR count). The molecule has 0 amide bonds. The highest BCUT2D eigenvalue weighted by Gasteiger charge is 2.25. The Labute approximate surface area is 150 Å². The van der Waals surface area contributed by atoms with Gasteiger partial charge in [-0.15, -0.1) is 0 Å². The predicted molar refractivity (Wildman–Crippen MR) is 102 cm³/mol. The number of carbonyl (C=O) groups is 1. The van der Waals surface area contributed by atoms with Gasteiger partial charge in [0.05, 0.1) is 13.5 Å². The molecule has 0 radical (unpaired) electrons. The van der Waals surface area contributed by atoms with Crippen molar-refractivity contribution >= 4 is 5.97 Å². The quantitative estimate of drug-likeness (QED) is 0.514. The molecule has 2 atom stereocenters. The van der Waals surface area contributed by atoms with Crippen molar-refractivity contribution in [3.63, 3.8) is 0 Å². The van der Waals surface area contributed by atoms with Gasteiger partial charge in [0, 0.05) is 18.6 Å². The topological polar surface area (TPSA) is 29.5 Å². The molecule has 132 valence electrons. The molecule has 3 heteroatoms. The zero-order valence-electron chi connectivity index (χ0n) is 15.3. The normalized spacial score (nSPS) is 13.8. The fourth-order valence-electron chi connectivity index (χ4n) is 3.03. The summed E-state index contributed by atoms with van der Waals surface area (Å²) in [6.45, 7) is 4.94. The van der Waals surface area contributed by atoms with Crippen LogP contribution in [-0.2, 0) is 16.1 Å². The van der Waals surface area contributed by atoms with E-state index in [4.69, 9.17) is 4.74 Å². The zero-order chi connectivity index (χ0) is 18.1. The minimum atomic E-state index is -0.193. The Morgan fingerprint density at radius 2 is 1.68 bits per heavy atom. The molecule has 3 nitrogen and oxygen atoms in total. The average Bonchev–Trinajstić information content (AvgIpc) is 2.66. The Morgan fingerprint density at radius 3 is 2.24 bits per heavy atom. The van der Waals surface area contributed by atoms with Gasteiger partial charge in [-0.2, -0.15) is 0 Å². The van der Waals surface area contributed by atoms with E-state index in [2.05, 4.69) is 54.3 Å². The van der Waals surface area contributed by atoms with Gasteiger partial charge in [0.15, 0.2) is 0 Å². The number of ether oxygens (including phenoxy) is 1. The van der Waals surface area contributed by atoms with Gasteiger partial charge in [0.2, 0.25) is 0 Å². The maximum absolute atomic E-state index is 11.9. The third-order valence-corrected chi connectivity index (χ3v) is 4.43. The van der Waals surface area contributed by atoms with E-state index in [-0.39, 0.29) is 18.1 Å². The summed E-state index contributed by atoms with van der Waals surface area (Å²) in [4.78, 5) is 14.3. The lowest BCUT2D eigenvalue weighted by molar-refractivity contribution is -0.141. The minimum absolute atomic E-state index is 0.0205. The summed E-state index contributed by atoms with van der Waals surface area (Å²) in [5.41, 5.74) is 2.46. The second-order valence-electron chi connectivity index (χ2n) is 6.12. The summed E-state index contributed by atoms with van der Waals surface area (Å²) >= 11 is 0. The number of rotatable bonds is 8. The van der Waals surface area contributed by atoms with Crippen molar-refractivity contribution in [2.75, 3.05) is 7.11 Å². The summed E-state index contributed by atoms with van der Waals surface area (Å²) in [7, 11) is 1.44. The highest BCUT2D eigenvalue weighted by atomic mass is 16.5. The van der Waals surface area contributed by atoms with Crippen LogP contribution >= 0.6 is 0 Å². The maximum Gasteiger partial charge on any atom is 0.307 e. The highest BCUT2D eigenvalue weighted by Crippen LogP contribution is 2.27. The molecule has 0 aliphatic carbocycles. The lowest BCUT2D eigenvalue weighted by Crippen LogP contribution is -2.37. The van der Waals surface area contributed by atoms with Crippen LogP contribution in [-0.4, -0.2) is 24.0 Å². The van der Waals surface area contributed by atoms with Crippen molar-refractivity contribution in [3.8, 4) is 0 Å². The molecule has 0 N–H and O–H groups in total. The van der Waals surface area contributed by atoms with Gasteiger partial charge in [-0.05, 0) is 25.0 Å². The molecule has 0 spiro atoms. The van der Waals surface area contributed by atoms with Gasteiger partial charge in [-0.3, -0.25) is 9.69 Å². The van der Waals surface area contributed by atoms with Crippen molar-refractivity contribution in [2.24, 2.45) is 0 Å². The second kappa shape index (κ2) is 9.80. The van der Waals surface area contributed by atoms with Crippen LogP contribution in [0.1, 0.15) is 37.4 Å². The van der Waals surface area contributed by atoms with Gasteiger partial charge in [-0.25, -0.2) is 0 Å². The van der Waals surface area contributed by atoms with E-state index in [0.717, 1.165) is 6.54 Å². The van der Waals surface area contributed by atoms with Crippen LogP contribution in [0.4, 0.5) is 0 Å². The predicted octanol–water partition coefficient (Wildman–Crippen LogP) is 4.76. The van der Waals surface area contributed by atoms with Crippen LogP contribution in [0.5, 0.6) is 0 Å². The van der Waals surface area contributed by atoms with E-state index < -0.39 is 0 Å². The van der Waals surface area contributed by atoms with Gasteiger partial charge in [-0.1, -0.05) is 72.8 Å². The lowest BCUT2D eigenvalue weighted by atomic mass is 10.0. The molecule has 0 fully saturated rings. The first-order valence-electron chi connectivity index (χ1n) is 8.70. The number of carbonyl (C=O) groups excluding carboxylic acids is 1. The number of benzene rings is 2. The number of esters is 1. The van der Waals surface area contributed by atoms with Crippen molar-refractivity contribution in [1.82, 2.24) is 4.90 Å². The molecular weight excluding hydrogens is 310 g/mol. The third-order valence-electron chi connectivity index (χ3n) is 4.43. The van der Waals surface area contributed by atoms with E-state index in [1.165, 1.54) is 18.2 Å². The largest absolute Gasteiger partial charge is 0.469 e. The average molecular weight is 337 g/mol. The first-order valence-corrected chi connectivity index (χ1v) is 8.70. The van der Waals surface area contributed by atoms with Crippen molar-refractivity contribution in [3.05, 3.63) is 83.9 Å². The smallest absolute Gasteiger partial charge is 0.307 e. The van der Waals surface area contributed by atoms with Crippen LogP contribution in [0.2, 0.25) is 0 Å². The summed E-state index contributed by atoms with van der Waals surface area (Å²) in [6, 6.07) is 20.9. The molecule has 25 heavy (non-hydrogen) atoms. The molecule has 0 bridgehead atoms. The minimum Gasteiger partial charge on any atom is -0.469 e. The van der Waals surface area contributed by atoms with E-state index in [1.54, 1.807) is 0 Å². The first-order chi connectivity index (χ1) is 12.2. The molecule has 0 aliphatic rings. The summed E-state index contributed by atoms with van der Waals surface area (Å²) in [5.74, 6) is -0.193. The standard InChI is InChI=1S/C22H27NO2/c1-4-11-21(16-22(24)25-3)23(17-19-12-7-5-8-13-19)18(2)20-14-9-6-10-15-20/h4-15,18,21H,16-17H2,1-3H3/b11-4-. The number of nitrogens with zero attached hydrogens (tertiary/aromatic N) is 1. The Morgan fingerprint density at radius 1 is 1.08 bits per heavy atom. The number of hydrogen-bond donors (Lipinski definition) is 0. The fraction of sp³-hybridized carbons (Fsp3) is 0.318. The van der Waals surface area contributed by atoms with Crippen LogP contribution in [0.25, 0.3) is 0 Å². The van der Waals surface area contributed by atoms with Crippen LogP contribution < -0.4 is 0 Å². The molecule has 2 aromatic rings. The molecule has 0 saturated carbocycles. The highest BCUT2D eigenvalue weighted by molar-refractivity contribution is 5.70. The molecule has 0 aliphatic heterocycles. The van der Waals surface area contributed by atoms with E-state index >= 15 is 0 Å². The van der Waals surface area contributed by atoms with Crippen molar-refractivity contribution in [1.29, 1.82) is 0 Å². The van der Waals surface area contributed by atoms with Crippen LogP contribution in [0.3, 0.4) is 0 Å². The van der Waals surface area contributed by atoms with E-state index in [0.29, 0.717) is 6.42 Å². The summed E-state index contributed by atoms with van der Waals surface area (Å²) < 4.78 is 4.91. The Balaban J connectivity index is 2.33. The Hall–Kier alpha value is -2.39. The number of methoxy groups -OCH3 is 1. The van der Waals surface area contributed by atoms with Crippen molar-refractivity contribution in [2.45, 2.75) is 38.9 Å². The molecular formula is C22H27NO2. The monoisotopic (exact) mass is 337 g/mol. The third kappa shape index (κ3) is 5.57. The zero-order valence-corrected chi connectivity index (χ0v) is 15.3. The van der Waals surface area contributed by atoms with Gasteiger partial charge in [0.25, 0.3) is 0 Å². The molecule has 0 aromatic heterocycles. The van der Waals surface area contributed by atoms with Gasteiger partial charge in [0.1, 0.15) is 0 Å². The Kier molecular flexibility index (Phi) is 7.42. The van der Waals surface area contributed by atoms with Gasteiger partial charge >= 0.3 is 5.97 Å². The molecule has 2 aromatic carbocycles. The first kappa shape index (κ1) is 18.9. The Bertz CT molecular complexity index is 667. The van der Waals surface area contributed by atoms with Crippen LogP contribution in [0, 0.1) is 0 Å². The maximum atomic E-state index is 11.9. The van der Waals surface area contributed by atoms with Crippen molar-refractivity contribution < 1.29 is 9.53 Å². The number of hydrogen-bond acceptors (Lipinski definition) is 3. The van der Waals surface area contributed by atoms with Crippen LogP contribution in [0.15, 0.2) is 72.8 Å². The summed E-state index contributed by atoms with van der Waals surface area (Å²) in [6.07, 6.45) is 4.42. The lowest BCUT2D eigenvalue weighted by Gasteiger charge is -2.35. The molecule has 2 unspecified atom stereocenters. The SMILES string of the molecule is C/C=C\C(CC(=O)OC)N(Cc1ccccc1)C(C)c1ccccc1. The number of allylic oxidation sites excluding steroid dienone is 1. The molecule has 0 saturated heterocycles. The summed E-state index contributed by atoms with van der Waals surface area (Å²) in [5, 5.41) is 0. The molecule has 0 heterocycles. The van der Waals surface area contributed by atoms with E-state index in [1.807, 2.05) is 37.3 Å². The fourth-order valence-corrected chi connectivity index (χ4v) is 3.03. The second-order valence-corrected chi connectivity index (χ2v) is 6.12.